The molecule has 1 atom stereocenters. The van der Waals surface area contributed by atoms with Crippen LogP contribution in [0.2, 0.25) is 0 Å². The fraction of sp³-hybridized carbons (Fsp3) is 0.286. The molecule has 0 saturated carbocycles. The van der Waals surface area contributed by atoms with E-state index in [-0.39, 0.29) is 24.3 Å². The topological polar surface area (TPSA) is 90.0 Å². The lowest BCUT2D eigenvalue weighted by molar-refractivity contribution is -0.118. The first kappa shape index (κ1) is 19.9. The third-order valence-corrected chi connectivity index (χ3v) is 5.17. The number of carbonyl (C=O) groups is 2. The number of hydrogen-bond acceptors (Lipinski definition) is 4. The minimum Gasteiger partial charge on any atom is -0.370 e. The predicted octanol–water partition coefficient (Wildman–Crippen LogP) is 3.14. The Hall–Kier alpha value is -2.80. The number of aromatic nitrogens is 2. The summed E-state index contributed by atoms with van der Waals surface area (Å²) in [4.78, 5) is 28.9. The molecule has 1 heterocycles. The zero-order valence-electron chi connectivity index (χ0n) is 15.8. The number of primary amides is 1. The van der Waals surface area contributed by atoms with Gasteiger partial charge in [-0.3, -0.25) is 9.59 Å². The maximum atomic E-state index is 12.8. The Morgan fingerprint density at radius 3 is 2.57 bits per heavy atom. The molecule has 2 amide bonds. The van der Waals surface area contributed by atoms with Crippen LogP contribution in [0.3, 0.4) is 0 Å². The molecule has 0 fully saturated rings. The van der Waals surface area contributed by atoms with Crippen LogP contribution in [-0.2, 0) is 11.3 Å². The molecular weight excluding hydrogens is 372 g/mol. The number of nitrogens with one attached hydrogen (secondary N) is 1. The van der Waals surface area contributed by atoms with E-state index in [1.165, 1.54) is 0 Å². The minimum atomic E-state index is -0.363. The zero-order chi connectivity index (χ0) is 19.9. The van der Waals surface area contributed by atoms with Gasteiger partial charge in [-0.05, 0) is 42.7 Å². The van der Waals surface area contributed by atoms with Crippen LogP contribution >= 0.6 is 11.8 Å². The lowest BCUT2D eigenvalue weighted by atomic mass is 10.1. The van der Waals surface area contributed by atoms with Gasteiger partial charge in [0.1, 0.15) is 5.82 Å². The Morgan fingerprint density at radius 1 is 1.14 bits per heavy atom. The molecule has 3 N–H and O–H groups in total. The maximum absolute atomic E-state index is 12.8. The fourth-order valence-corrected chi connectivity index (χ4v) is 3.62. The summed E-state index contributed by atoms with van der Waals surface area (Å²) in [6.07, 6.45) is 2.99. The molecule has 6 nitrogen and oxygen atoms in total. The SMILES string of the molecule is CSCCC(NC(=O)c1ccccc1)c1nc2ccccc2n1CCC(N)=O. The van der Waals surface area contributed by atoms with Gasteiger partial charge in [0, 0.05) is 18.5 Å². The number of hydrogen-bond donors (Lipinski definition) is 2. The Morgan fingerprint density at radius 2 is 1.86 bits per heavy atom. The standard InChI is InChI=1S/C21H24N4O2S/c1-28-14-12-17(24-21(27)15-7-3-2-4-8-15)20-23-16-9-5-6-10-18(16)25(20)13-11-19(22)26/h2-10,17H,11-14H2,1H3,(H2,22,26)(H,24,27). The average Bonchev–Trinajstić information content (AvgIpc) is 3.08. The first-order valence-corrected chi connectivity index (χ1v) is 10.6. The molecule has 0 saturated heterocycles. The summed E-state index contributed by atoms with van der Waals surface area (Å²) in [7, 11) is 0. The molecule has 7 heteroatoms. The highest BCUT2D eigenvalue weighted by Crippen LogP contribution is 2.25. The van der Waals surface area contributed by atoms with Crippen LogP contribution in [0.1, 0.15) is 35.1 Å². The van der Waals surface area contributed by atoms with Crippen molar-refractivity contribution < 1.29 is 9.59 Å². The predicted molar refractivity (Wildman–Crippen MR) is 113 cm³/mol. The van der Waals surface area contributed by atoms with Crippen molar-refractivity contribution in [3.05, 3.63) is 66.0 Å². The monoisotopic (exact) mass is 396 g/mol. The van der Waals surface area contributed by atoms with E-state index in [1.54, 1.807) is 23.9 Å². The van der Waals surface area contributed by atoms with E-state index < -0.39 is 0 Å². The Bertz CT molecular complexity index is 955. The van der Waals surface area contributed by atoms with E-state index >= 15 is 0 Å². The van der Waals surface area contributed by atoms with Gasteiger partial charge in [0.05, 0.1) is 17.1 Å². The van der Waals surface area contributed by atoms with Crippen molar-refractivity contribution in [1.82, 2.24) is 14.9 Å². The van der Waals surface area contributed by atoms with Crippen molar-refractivity contribution >= 4 is 34.6 Å². The van der Waals surface area contributed by atoms with Crippen LogP contribution in [0.5, 0.6) is 0 Å². The van der Waals surface area contributed by atoms with E-state index in [0.717, 1.165) is 29.0 Å². The summed E-state index contributed by atoms with van der Waals surface area (Å²) in [6, 6.07) is 16.6. The third kappa shape index (κ3) is 4.72. The van der Waals surface area contributed by atoms with Gasteiger partial charge in [0.2, 0.25) is 5.91 Å². The largest absolute Gasteiger partial charge is 0.370 e. The molecule has 1 aromatic heterocycles. The van der Waals surface area contributed by atoms with Crippen LogP contribution in [0.15, 0.2) is 54.6 Å². The molecule has 0 aliphatic rings. The normalized spacial score (nSPS) is 12.0. The highest BCUT2D eigenvalue weighted by Gasteiger charge is 2.22. The second-order valence-corrected chi connectivity index (χ2v) is 7.49. The number of fused-ring (bicyclic) bond motifs is 1. The minimum absolute atomic E-state index is 0.139. The lowest BCUT2D eigenvalue weighted by Crippen LogP contribution is -2.31. The second kappa shape index (κ2) is 9.41. The fourth-order valence-electron chi connectivity index (χ4n) is 3.15. The third-order valence-electron chi connectivity index (χ3n) is 4.53. The lowest BCUT2D eigenvalue weighted by Gasteiger charge is -2.20. The summed E-state index contributed by atoms with van der Waals surface area (Å²) in [5, 5.41) is 3.12. The van der Waals surface area contributed by atoms with Crippen molar-refractivity contribution in [2.75, 3.05) is 12.0 Å². The summed E-state index contributed by atoms with van der Waals surface area (Å²) < 4.78 is 2.00. The average molecular weight is 397 g/mol. The first-order valence-electron chi connectivity index (χ1n) is 9.18. The molecule has 2 aromatic carbocycles. The van der Waals surface area contributed by atoms with E-state index in [4.69, 9.17) is 10.7 Å². The summed E-state index contributed by atoms with van der Waals surface area (Å²) in [5.74, 6) is 1.12. The molecule has 0 aliphatic heterocycles. The van der Waals surface area contributed by atoms with Crippen molar-refractivity contribution in [2.24, 2.45) is 5.73 Å². The van der Waals surface area contributed by atoms with Gasteiger partial charge in [0.15, 0.2) is 0 Å². The molecule has 0 bridgehead atoms. The van der Waals surface area contributed by atoms with Crippen LogP contribution in [0.25, 0.3) is 11.0 Å². The summed E-state index contributed by atoms with van der Waals surface area (Å²) in [5.41, 5.74) is 7.75. The molecule has 3 rings (SSSR count). The van der Waals surface area contributed by atoms with E-state index in [9.17, 15) is 9.59 Å². The highest BCUT2D eigenvalue weighted by molar-refractivity contribution is 7.98. The van der Waals surface area contributed by atoms with Gasteiger partial charge in [-0.2, -0.15) is 11.8 Å². The summed E-state index contributed by atoms with van der Waals surface area (Å²) >= 11 is 1.72. The van der Waals surface area contributed by atoms with Crippen molar-refractivity contribution in [2.45, 2.75) is 25.4 Å². The van der Waals surface area contributed by atoms with Crippen molar-refractivity contribution in [3.63, 3.8) is 0 Å². The Labute approximate surface area is 168 Å². The maximum Gasteiger partial charge on any atom is 0.251 e. The Balaban J connectivity index is 1.96. The Kier molecular flexibility index (Phi) is 6.71. The van der Waals surface area contributed by atoms with E-state index in [2.05, 4.69) is 5.32 Å². The highest BCUT2D eigenvalue weighted by atomic mass is 32.2. The summed E-state index contributed by atoms with van der Waals surface area (Å²) in [6.45, 7) is 0.433. The molecule has 0 aliphatic carbocycles. The number of benzene rings is 2. The number of nitrogens with two attached hydrogens (primary N) is 1. The molecular formula is C21H24N4O2S. The number of imidazole rings is 1. The van der Waals surface area contributed by atoms with Crippen LogP contribution in [0.4, 0.5) is 0 Å². The first-order chi connectivity index (χ1) is 13.6. The number of carbonyl (C=O) groups excluding carboxylic acids is 2. The number of thioether (sulfide) groups is 1. The number of amides is 2. The van der Waals surface area contributed by atoms with Crippen LogP contribution in [-0.4, -0.2) is 33.4 Å². The van der Waals surface area contributed by atoms with Gasteiger partial charge in [-0.25, -0.2) is 4.98 Å². The molecule has 0 spiro atoms. The number of aryl methyl sites for hydroxylation is 1. The van der Waals surface area contributed by atoms with Gasteiger partial charge in [-0.15, -0.1) is 0 Å². The number of para-hydroxylation sites is 2. The molecule has 28 heavy (non-hydrogen) atoms. The van der Waals surface area contributed by atoms with Gasteiger partial charge in [0.25, 0.3) is 5.91 Å². The van der Waals surface area contributed by atoms with Crippen molar-refractivity contribution in [3.8, 4) is 0 Å². The van der Waals surface area contributed by atoms with Crippen LogP contribution in [0, 0.1) is 0 Å². The molecule has 0 radical (unpaired) electrons. The number of rotatable bonds is 9. The van der Waals surface area contributed by atoms with E-state index in [0.29, 0.717) is 12.1 Å². The molecule has 1 unspecified atom stereocenters. The van der Waals surface area contributed by atoms with Crippen LogP contribution < -0.4 is 11.1 Å². The van der Waals surface area contributed by atoms with Crippen molar-refractivity contribution in [1.29, 1.82) is 0 Å². The molecule has 3 aromatic rings. The smallest absolute Gasteiger partial charge is 0.251 e. The number of nitrogens with zero attached hydrogens (tertiary/aromatic N) is 2. The van der Waals surface area contributed by atoms with Gasteiger partial charge < -0.3 is 15.6 Å². The van der Waals surface area contributed by atoms with Gasteiger partial charge in [-0.1, -0.05) is 30.3 Å². The molecule has 146 valence electrons. The van der Waals surface area contributed by atoms with E-state index in [1.807, 2.05) is 53.3 Å². The zero-order valence-corrected chi connectivity index (χ0v) is 16.6. The second-order valence-electron chi connectivity index (χ2n) is 6.50. The van der Waals surface area contributed by atoms with Gasteiger partial charge >= 0.3 is 0 Å². The quantitative estimate of drug-likeness (QED) is 0.581.